The zero-order valence-electron chi connectivity index (χ0n) is 18.0. The Bertz CT molecular complexity index is 946. The minimum Gasteiger partial charge on any atom is -0.497 e. The molecular formula is C24H27NO6. The van der Waals surface area contributed by atoms with E-state index in [4.69, 9.17) is 18.9 Å². The molecule has 2 saturated heterocycles. The maximum atomic E-state index is 13.2. The van der Waals surface area contributed by atoms with E-state index < -0.39 is 23.0 Å². The van der Waals surface area contributed by atoms with Crippen molar-refractivity contribution < 1.29 is 28.5 Å². The fraction of sp³-hybridized carbons (Fsp3) is 0.417. The van der Waals surface area contributed by atoms with Crippen LogP contribution >= 0.6 is 0 Å². The largest absolute Gasteiger partial charge is 0.497 e. The minimum atomic E-state index is -1.24. The van der Waals surface area contributed by atoms with E-state index in [2.05, 4.69) is 0 Å². The van der Waals surface area contributed by atoms with E-state index in [1.54, 1.807) is 14.0 Å². The van der Waals surface area contributed by atoms with Gasteiger partial charge in [-0.25, -0.2) is 4.79 Å². The van der Waals surface area contributed by atoms with Gasteiger partial charge < -0.3 is 18.9 Å². The van der Waals surface area contributed by atoms with Crippen LogP contribution in [-0.2, 0) is 37.0 Å². The van der Waals surface area contributed by atoms with Crippen molar-refractivity contribution in [1.82, 2.24) is 4.90 Å². The van der Waals surface area contributed by atoms with E-state index >= 15 is 0 Å². The summed E-state index contributed by atoms with van der Waals surface area (Å²) in [6.07, 6.45) is 0. The maximum Gasteiger partial charge on any atom is 0.332 e. The lowest BCUT2D eigenvalue weighted by Crippen LogP contribution is -2.72. The number of benzene rings is 2. The molecule has 2 fully saturated rings. The topological polar surface area (TPSA) is 74.3 Å². The molecule has 0 spiro atoms. The summed E-state index contributed by atoms with van der Waals surface area (Å²) >= 11 is 0. The van der Waals surface area contributed by atoms with E-state index in [1.807, 2.05) is 59.5 Å². The lowest BCUT2D eigenvalue weighted by molar-refractivity contribution is -0.225. The molecule has 31 heavy (non-hydrogen) atoms. The van der Waals surface area contributed by atoms with Gasteiger partial charge in [0.1, 0.15) is 11.7 Å². The van der Waals surface area contributed by atoms with Crippen molar-refractivity contribution in [2.24, 2.45) is 5.92 Å². The number of esters is 2. The SMILES string of the molecule is COC(=O)[C@]1(COCc2ccccc2)N(Cc2ccc(OC)cc2)C[C@@H]2C(=O)O[C@@]21C. The van der Waals surface area contributed by atoms with Crippen molar-refractivity contribution in [3.63, 3.8) is 0 Å². The third-order valence-electron chi connectivity index (χ3n) is 6.50. The van der Waals surface area contributed by atoms with Crippen molar-refractivity contribution >= 4 is 11.9 Å². The van der Waals surface area contributed by atoms with Gasteiger partial charge in [-0.3, -0.25) is 9.69 Å². The Hall–Kier alpha value is -2.90. The van der Waals surface area contributed by atoms with Crippen molar-refractivity contribution in [2.75, 3.05) is 27.4 Å². The molecule has 0 unspecified atom stereocenters. The quantitative estimate of drug-likeness (QED) is 0.602. The molecule has 0 N–H and O–H groups in total. The van der Waals surface area contributed by atoms with Crippen LogP contribution in [0.5, 0.6) is 5.75 Å². The summed E-state index contributed by atoms with van der Waals surface area (Å²) < 4.78 is 22.1. The zero-order valence-corrected chi connectivity index (χ0v) is 18.0. The predicted octanol–water partition coefficient (Wildman–Crippen LogP) is 2.57. The van der Waals surface area contributed by atoms with Crippen molar-refractivity contribution in [3.8, 4) is 5.75 Å². The number of fused-ring (bicyclic) bond motifs is 1. The first kappa shape index (κ1) is 21.3. The number of methoxy groups -OCH3 is 2. The van der Waals surface area contributed by atoms with Gasteiger partial charge in [0.05, 0.1) is 27.4 Å². The van der Waals surface area contributed by atoms with E-state index in [0.717, 1.165) is 16.9 Å². The number of carbonyl (C=O) groups excluding carboxylic acids is 2. The van der Waals surface area contributed by atoms with Gasteiger partial charge >= 0.3 is 11.9 Å². The molecule has 0 radical (unpaired) electrons. The Morgan fingerprint density at radius 1 is 1.10 bits per heavy atom. The summed E-state index contributed by atoms with van der Waals surface area (Å²) in [6.45, 7) is 3.02. The molecule has 164 valence electrons. The van der Waals surface area contributed by atoms with Crippen LogP contribution in [0.15, 0.2) is 54.6 Å². The van der Waals surface area contributed by atoms with Crippen LogP contribution < -0.4 is 4.74 Å². The van der Waals surface area contributed by atoms with Crippen molar-refractivity contribution in [1.29, 1.82) is 0 Å². The van der Waals surface area contributed by atoms with Gasteiger partial charge in [-0.2, -0.15) is 0 Å². The number of carbonyl (C=O) groups is 2. The number of hydrogen-bond donors (Lipinski definition) is 0. The summed E-state index contributed by atoms with van der Waals surface area (Å²) in [6, 6.07) is 17.4. The molecule has 0 aliphatic carbocycles. The molecule has 7 heteroatoms. The first-order valence-corrected chi connectivity index (χ1v) is 10.3. The normalized spacial score (nSPS) is 27.2. The van der Waals surface area contributed by atoms with E-state index in [9.17, 15) is 9.59 Å². The summed E-state index contributed by atoms with van der Waals surface area (Å²) in [7, 11) is 2.97. The highest BCUT2D eigenvalue weighted by Crippen LogP contribution is 2.53. The average molecular weight is 425 g/mol. The van der Waals surface area contributed by atoms with E-state index in [0.29, 0.717) is 19.7 Å². The Morgan fingerprint density at radius 2 is 1.81 bits per heavy atom. The summed E-state index contributed by atoms with van der Waals surface area (Å²) in [5.41, 5.74) is -0.279. The van der Waals surface area contributed by atoms with Gasteiger partial charge in [-0.1, -0.05) is 42.5 Å². The van der Waals surface area contributed by atoms with Crippen LogP contribution in [0.25, 0.3) is 0 Å². The fourth-order valence-corrected chi connectivity index (χ4v) is 4.67. The molecule has 0 aromatic heterocycles. The van der Waals surface area contributed by atoms with E-state index in [-0.39, 0.29) is 12.6 Å². The highest BCUT2D eigenvalue weighted by Gasteiger charge is 2.76. The molecule has 0 saturated carbocycles. The molecule has 2 heterocycles. The Morgan fingerprint density at radius 3 is 2.42 bits per heavy atom. The van der Waals surface area contributed by atoms with Gasteiger partial charge in [0.25, 0.3) is 0 Å². The number of rotatable bonds is 8. The first-order valence-electron chi connectivity index (χ1n) is 10.3. The van der Waals surface area contributed by atoms with Crippen LogP contribution in [0.3, 0.4) is 0 Å². The second-order valence-corrected chi connectivity index (χ2v) is 8.14. The van der Waals surface area contributed by atoms with Gasteiger partial charge in [0, 0.05) is 13.1 Å². The summed E-state index contributed by atoms with van der Waals surface area (Å²) in [4.78, 5) is 27.4. The summed E-state index contributed by atoms with van der Waals surface area (Å²) in [5, 5.41) is 0. The van der Waals surface area contributed by atoms with Crippen molar-refractivity contribution in [3.05, 3.63) is 65.7 Å². The lowest BCUT2D eigenvalue weighted by atomic mass is 9.72. The maximum absolute atomic E-state index is 13.2. The zero-order chi connectivity index (χ0) is 22.1. The Labute approximate surface area is 181 Å². The van der Waals surface area contributed by atoms with E-state index in [1.165, 1.54) is 7.11 Å². The number of likely N-dealkylation sites (tertiary alicyclic amines) is 1. The third kappa shape index (κ3) is 3.47. The second kappa shape index (κ2) is 8.32. The molecule has 0 bridgehead atoms. The molecule has 4 rings (SSSR count). The number of hydrogen-bond acceptors (Lipinski definition) is 7. The van der Waals surface area contributed by atoms with Crippen LogP contribution in [0, 0.1) is 5.92 Å². The smallest absolute Gasteiger partial charge is 0.332 e. The summed E-state index contributed by atoms with van der Waals surface area (Å²) in [5.74, 6) is -0.422. The van der Waals surface area contributed by atoms with Gasteiger partial charge in [0.15, 0.2) is 11.1 Å². The molecule has 3 atom stereocenters. The standard InChI is InChI=1S/C24H27NO6/c1-23-20(21(26)31-23)14-25(13-17-9-11-19(28-2)12-10-17)24(23,22(27)29-3)16-30-15-18-7-5-4-6-8-18/h4-12,20H,13-16H2,1-3H3/t20-,23+,24+/m1/s1. The molecule has 0 amide bonds. The average Bonchev–Trinajstić information content (AvgIpc) is 2.98. The van der Waals surface area contributed by atoms with Crippen LogP contribution in [0.4, 0.5) is 0 Å². The molecule has 2 aromatic carbocycles. The Balaban J connectivity index is 1.63. The highest BCUT2D eigenvalue weighted by molar-refractivity contribution is 5.91. The van der Waals surface area contributed by atoms with Crippen LogP contribution in [0.1, 0.15) is 18.1 Å². The molecule has 7 nitrogen and oxygen atoms in total. The lowest BCUT2D eigenvalue weighted by Gasteiger charge is -2.49. The fourth-order valence-electron chi connectivity index (χ4n) is 4.67. The number of ether oxygens (including phenoxy) is 4. The molecule has 2 aromatic rings. The first-order chi connectivity index (χ1) is 14.9. The second-order valence-electron chi connectivity index (χ2n) is 8.14. The van der Waals surface area contributed by atoms with Gasteiger partial charge in [-0.05, 0) is 30.2 Å². The van der Waals surface area contributed by atoms with Crippen LogP contribution in [-0.4, -0.2) is 55.3 Å². The molecular weight excluding hydrogens is 398 g/mol. The minimum absolute atomic E-state index is 0.0466. The van der Waals surface area contributed by atoms with Gasteiger partial charge in [-0.15, -0.1) is 0 Å². The monoisotopic (exact) mass is 425 g/mol. The Kier molecular flexibility index (Phi) is 5.73. The van der Waals surface area contributed by atoms with Crippen LogP contribution in [0.2, 0.25) is 0 Å². The van der Waals surface area contributed by atoms with Crippen molar-refractivity contribution in [2.45, 2.75) is 31.2 Å². The molecule has 2 aliphatic rings. The predicted molar refractivity (Wildman–Crippen MR) is 112 cm³/mol. The highest BCUT2D eigenvalue weighted by atomic mass is 16.6. The van der Waals surface area contributed by atoms with Gasteiger partial charge in [0.2, 0.25) is 0 Å². The third-order valence-corrected chi connectivity index (χ3v) is 6.50. The number of nitrogens with zero attached hydrogens (tertiary/aromatic N) is 1. The molecule has 2 aliphatic heterocycles.